The van der Waals surface area contributed by atoms with Gasteiger partial charge in [-0.15, -0.1) is 0 Å². The second-order valence-electron chi connectivity index (χ2n) is 14.4. The van der Waals surface area contributed by atoms with Gasteiger partial charge in [-0.25, -0.2) is 9.13 Å². The molecule has 234 valence electrons. The zero-order valence-corrected chi connectivity index (χ0v) is 28.7. The van der Waals surface area contributed by atoms with Crippen LogP contribution in [0.4, 0.5) is 0 Å². The first kappa shape index (κ1) is 34.8. The van der Waals surface area contributed by atoms with Crippen LogP contribution in [0, 0.1) is 0 Å². The molecule has 0 aliphatic carbocycles. The van der Waals surface area contributed by atoms with E-state index in [-0.39, 0.29) is 22.5 Å². The SMILES string of the molecule is CCCCCCCCCCCC(c1ccccc1)C(c1ccccc1)(c1cc(C(C)(C)C)c(O)c(C(C)(C)C)c1)P(=O)=O. The third-order valence-corrected chi connectivity index (χ3v) is 10.4. The van der Waals surface area contributed by atoms with Crippen molar-refractivity contribution in [1.29, 1.82) is 0 Å². The smallest absolute Gasteiger partial charge is 0.331 e. The van der Waals surface area contributed by atoms with Crippen LogP contribution in [0.25, 0.3) is 0 Å². The van der Waals surface area contributed by atoms with Crippen molar-refractivity contribution >= 4 is 7.68 Å². The minimum atomic E-state index is -2.99. The summed E-state index contributed by atoms with van der Waals surface area (Å²) in [7, 11) is -2.99. The molecule has 0 aromatic heterocycles. The molecule has 3 nitrogen and oxygen atoms in total. The lowest BCUT2D eigenvalue weighted by Crippen LogP contribution is -2.32. The lowest BCUT2D eigenvalue weighted by atomic mass is 9.70. The van der Waals surface area contributed by atoms with E-state index in [2.05, 4.69) is 60.6 Å². The molecule has 0 bridgehead atoms. The topological polar surface area (TPSA) is 54.4 Å². The fourth-order valence-corrected chi connectivity index (χ4v) is 7.79. The molecular formula is C39H55O3P. The van der Waals surface area contributed by atoms with Crippen LogP contribution in [0.1, 0.15) is 146 Å². The predicted octanol–water partition coefficient (Wildman–Crippen LogP) is 12.1. The Hall–Kier alpha value is -2.64. The maximum Gasteiger partial charge on any atom is 0.331 e. The summed E-state index contributed by atoms with van der Waals surface area (Å²) in [5.74, 6) is -0.0195. The highest BCUT2D eigenvalue weighted by molar-refractivity contribution is 7.33. The van der Waals surface area contributed by atoms with Gasteiger partial charge >= 0.3 is 7.68 Å². The molecule has 43 heavy (non-hydrogen) atoms. The number of benzene rings is 3. The van der Waals surface area contributed by atoms with Crippen molar-refractivity contribution in [1.82, 2.24) is 0 Å². The van der Waals surface area contributed by atoms with Gasteiger partial charge in [-0.3, -0.25) is 0 Å². The Morgan fingerprint density at radius 3 is 1.51 bits per heavy atom. The van der Waals surface area contributed by atoms with E-state index in [4.69, 9.17) is 0 Å². The van der Waals surface area contributed by atoms with Crippen molar-refractivity contribution in [2.24, 2.45) is 0 Å². The summed E-state index contributed by atoms with van der Waals surface area (Å²) in [5, 5.41) is 10.3. The molecule has 0 spiro atoms. The number of unbranched alkanes of at least 4 members (excludes halogenated alkanes) is 8. The van der Waals surface area contributed by atoms with Gasteiger partial charge in [-0.1, -0.05) is 167 Å². The Balaban J connectivity index is 2.20. The van der Waals surface area contributed by atoms with Gasteiger partial charge in [-0.2, -0.15) is 0 Å². The van der Waals surface area contributed by atoms with Crippen LogP contribution >= 0.6 is 7.68 Å². The highest BCUT2D eigenvalue weighted by Crippen LogP contribution is 2.58. The Labute approximate surface area is 262 Å². The first-order valence-electron chi connectivity index (χ1n) is 16.5. The maximum atomic E-state index is 14.1. The van der Waals surface area contributed by atoms with Gasteiger partial charge in [0.25, 0.3) is 0 Å². The number of hydrogen-bond acceptors (Lipinski definition) is 3. The van der Waals surface area contributed by atoms with E-state index in [0.29, 0.717) is 0 Å². The summed E-state index contributed by atoms with van der Waals surface area (Å²) >= 11 is 0. The average Bonchev–Trinajstić information content (AvgIpc) is 2.95. The summed E-state index contributed by atoms with van der Waals surface area (Å²) in [4.78, 5) is 0. The van der Waals surface area contributed by atoms with E-state index in [9.17, 15) is 14.2 Å². The van der Waals surface area contributed by atoms with E-state index in [1.807, 2.05) is 60.7 Å². The van der Waals surface area contributed by atoms with Crippen molar-refractivity contribution in [2.45, 2.75) is 135 Å². The molecular weight excluding hydrogens is 547 g/mol. The summed E-state index contributed by atoms with van der Waals surface area (Å²) in [6, 6.07) is 23.9. The number of hydrogen-bond donors (Lipinski definition) is 1. The average molecular weight is 603 g/mol. The zero-order chi connectivity index (χ0) is 31.7. The van der Waals surface area contributed by atoms with E-state index in [1.54, 1.807) is 0 Å². The van der Waals surface area contributed by atoms with Crippen LogP contribution < -0.4 is 0 Å². The van der Waals surface area contributed by atoms with Gasteiger partial charge < -0.3 is 5.11 Å². The van der Waals surface area contributed by atoms with Crippen LogP contribution in [0.3, 0.4) is 0 Å². The highest BCUT2D eigenvalue weighted by atomic mass is 31.1. The lowest BCUT2D eigenvalue weighted by Gasteiger charge is -2.39. The van der Waals surface area contributed by atoms with Crippen LogP contribution in [0.2, 0.25) is 0 Å². The number of phenols is 1. The van der Waals surface area contributed by atoms with Gasteiger partial charge in [0.2, 0.25) is 0 Å². The molecule has 0 radical (unpaired) electrons. The molecule has 1 N–H and O–H groups in total. The molecule has 0 saturated heterocycles. The minimum absolute atomic E-state index is 0.266. The lowest BCUT2D eigenvalue weighted by molar-refractivity contribution is 0.412. The molecule has 0 heterocycles. The van der Waals surface area contributed by atoms with Crippen molar-refractivity contribution in [3.8, 4) is 5.75 Å². The zero-order valence-electron chi connectivity index (χ0n) is 27.8. The minimum Gasteiger partial charge on any atom is -0.507 e. The van der Waals surface area contributed by atoms with Crippen molar-refractivity contribution in [2.75, 3.05) is 0 Å². The fourth-order valence-electron chi connectivity index (χ4n) is 6.56. The van der Waals surface area contributed by atoms with Gasteiger partial charge in [0, 0.05) is 5.92 Å². The van der Waals surface area contributed by atoms with Crippen molar-refractivity contribution < 1.29 is 14.2 Å². The molecule has 0 amide bonds. The van der Waals surface area contributed by atoms with Gasteiger partial charge in [0.15, 0.2) is 0 Å². The molecule has 2 unspecified atom stereocenters. The maximum absolute atomic E-state index is 14.1. The van der Waals surface area contributed by atoms with Crippen molar-refractivity contribution in [3.05, 3.63) is 101 Å². The molecule has 0 saturated carbocycles. The Morgan fingerprint density at radius 2 is 1.07 bits per heavy atom. The third-order valence-electron chi connectivity index (χ3n) is 8.97. The molecule has 0 aliphatic rings. The first-order valence-corrected chi connectivity index (χ1v) is 17.7. The molecule has 0 aliphatic heterocycles. The Kier molecular flexibility index (Phi) is 12.5. The molecule has 3 rings (SSSR count). The quantitative estimate of drug-likeness (QED) is 0.139. The highest BCUT2D eigenvalue weighted by Gasteiger charge is 2.49. The number of rotatable bonds is 15. The van der Waals surface area contributed by atoms with Crippen LogP contribution in [0.15, 0.2) is 72.8 Å². The van der Waals surface area contributed by atoms with E-state index in [1.165, 1.54) is 44.9 Å². The van der Waals surface area contributed by atoms with Gasteiger partial charge in [0.05, 0.1) is 0 Å². The summed E-state index contributed by atoms with van der Waals surface area (Å²) in [6.45, 7) is 14.7. The molecule has 2 atom stereocenters. The second kappa shape index (κ2) is 15.4. The monoisotopic (exact) mass is 602 g/mol. The summed E-state index contributed by atoms with van der Waals surface area (Å²) in [6.07, 6.45) is 11.7. The third kappa shape index (κ3) is 8.51. The number of aromatic hydroxyl groups is 1. The van der Waals surface area contributed by atoms with E-state index in [0.717, 1.165) is 47.1 Å². The van der Waals surface area contributed by atoms with E-state index >= 15 is 0 Å². The fraction of sp³-hybridized carbons (Fsp3) is 0.538. The summed E-state index contributed by atoms with van der Waals surface area (Å²) < 4.78 is 28.2. The molecule has 3 aromatic rings. The van der Waals surface area contributed by atoms with Crippen LogP contribution in [0.5, 0.6) is 5.75 Å². The Bertz CT molecular complexity index is 1300. The largest absolute Gasteiger partial charge is 0.507 e. The molecule has 4 heteroatoms. The van der Waals surface area contributed by atoms with E-state index < -0.39 is 12.8 Å². The predicted molar refractivity (Wildman–Crippen MR) is 182 cm³/mol. The number of phenolic OH excluding ortho intramolecular Hbond substituents is 1. The van der Waals surface area contributed by atoms with Crippen LogP contribution in [-0.4, -0.2) is 5.11 Å². The van der Waals surface area contributed by atoms with Crippen LogP contribution in [-0.2, 0) is 25.1 Å². The van der Waals surface area contributed by atoms with Crippen molar-refractivity contribution in [3.63, 3.8) is 0 Å². The summed E-state index contributed by atoms with van der Waals surface area (Å²) in [5.41, 5.74) is 3.36. The standard InChI is InChI=1S/C39H55O3P/c1-8-9-10-11-12-13-14-15-22-27-33(30-23-18-16-19-24-30)39(43(41)42,31-25-20-17-21-26-31)32-28-34(37(2,3)4)36(40)35(29-32)38(5,6)7/h16-21,23-26,28-29,33,40H,8-15,22,27H2,1-7H3. The molecule has 3 aromatic carbocycles. The normalized spacial score (nSPS) is 14.3. The second-order valence-corrected chi connectivity index (χ2v) is 15.6. The first-order chi connectivity index (χ1) is 20.3. The Morgan fingerprint density at radius 1 is 0.628 bits per heavy atom. The molecule has 0 fully saturated rings. The van der Waals surface area contributed by atoms with Gasteiger partial charge in [0.1, 0.15) is 10.9 Å². The van der Waals surface area contributed by atoms with Gasteiger partial charge in [-0.05, 0) is 57.2 Å².